The minimum atomic E-state index is -0.240. The van der Waals surface area contributed by atoms with Crippen LogP contribution in [0.5, 0.6) is 0 Å². The van der Waals surface area contributed by atoms with Crippen LogP contribution in [0.25, 0.3) is 0 Å². The molecule has 0 aromatic rings. The van der Waals surface area contributed by atoms with E-state index in [0.717, 1.165) is 32.3 Å². The maximum Gasteiger partial charge on any atom is 0.0728 e. The van der Waals surface area contributed by atoms with Crippen LogP contribution >= 0.6 is 0 Å². The van der Waals surface area contributed by atoms with Gasteiger partial charge in [-0.3, -0.25) is 0 Å². The summed E-state index contributed by atoms with van der Waals surface area (Å²) < 4.78 is 5.02. The molecular formula is C12H22O2. The Morgan fingerprint density at radius 1 is 1.57 bits per heavy atom. The second-order valence-corrected chi connectivity index (χ2v) is 5.03. The average Bonchev–Trinajstić information content (AvgIpc) is 2.00. The Morgan fingerprint density at radius 3 is 2.86 bits per heavy atom. The largest absolute Gasteiger partial charge is 0.389 e. The molecule has 0 saturated carbocycles. The van der Waals surface area contributed by atoms with Crippen molar-refractivity contribution in [3.8, 4) is 0 Å². The number of ether oxygens (including phenoxy) is 1. The molecule has 0 aliphatic heterocycles. The molecule has 1 aliphatic carbocycles. The van der Waals surface area contributed by atoms with E-state index in [4.69, 9.17) is 4.74 Å². The van der Waals surface area contributed by atoms with Crippen molar-refractivity contribution in [2.45, 2.75) is 45.6 Å². The first-order chi connectivity index (χ1) is 6.53. The molecule has 1 unspecified atom stereocenters. The fraction of sp³-hybridized carbons (Fsp3) is 0.833. The Labute approximate surface area is 87.0 Å². The number of aliphatic hydroxyl groups is 1. The highest BCUT2D eigenvalue weighted by molar-refractivity contribution is 5.12. The number of hydrogen-bond donors (Lipinski definition) is 1. The van der Waals surface area contributed by atoms with Gasteiger partial charge < -0.3 is 9.84 Å². The molecule has 82 valence electrons. The van der Waals surface area contributed by atoms with E-state index >= 15 is 0 Å². The molecule has 1 rings (SSSR count). The Morgan fingerprint density at radius 2 is 2.29 bits per heavy atom. The summed E-state index contributed by atoms with van der Waals surface area (Å²) in [4.78, 5) is 0. The maximum absolute atomic E-state index is 9.66. The summed E-state index contributed by atoms with van der Waals surface area (Å²) in [6, 6.07) is 0. The van der Waals surface area contributed by atoms with E-state index in [1.807, 2.05) is 6.08 Å². The van der Waals surface area contributed by atoms with Gasteiger partial charge in [-0.1, -0.05) is 25.5 Å². The maximum atomic E-state index is 9.66. The van der Waals surface area contributed by atoms with Gasteiger partial charge in [0.25, 0.3) is 0 Å². The van der Waals surface area contributed by atoms with Crippen molar-refractivity contribution in [2.24, 2.45) is 5.41 Å². The number of rotatable bonds is 4. The molecule has 0 saturated heterocycles. The molecule has 0 heterocycles. The summed E-state index contributed by atoms with van der Waals surface area (Å²) in [7, 11) is 1.73. The quantitative estimate of drug-likeness (QED) is 0.555. The molecule has 1 atom stereocenters. The third-order valence-corrected chi connectivity index (χ3v) is 2.74. The van der Waals surface area contributed by atoms with Gasteiger partial charge in [-0.2, -0.15) is 0 Å². The Balaban J connectivity index is 2.43. The molecule has 1 aliphatic rings. The molecular weight excluding hydrogens is 176 g/mol. The van der Waals surface area contributed by atoms with Gasteiger partial charge in [0, 0.05) is 13.7 Å². The first-order valence-electron chi connectivity index (χ1n) is 5.40. The van der Waals surface area contributed by atoms with Crippen LogP contribution in [0.1, 0.15) is 39.5 Å². The van der Waals surface area contributed by atoms with Crippen LogP contribution in [0.3, 0.4) is 0 Å². The summed E-state index contributed by atoms with van der Waals surface area (Å²) >= 11 is 0. The second kappa shape index (κ2) is 4.94. The number of methoxy groups -OCH3 is 1. The second-order valence-electron chi connectivity index (χ2n) is 5.03. The zero-order chi connectivity index (χ0) is 10.6. The van der Waals surface area contributed by atoms with E-state index in [-0.39, 0.29) is 11.5 Å². The normalized spacial score (nSPS) is 26.0. The minimum Gasteiger partial charge on any atom is -0.389 e. The predicted molar refractivity (Wildman–Crippen MR) is 58.2 cm³/mol. The summed E-state index contributed by atoms with van der Waals surface area (Å²) in [6.07, 6.45) is 5.92. The van der Waals surface area contributed by atoms with Gasteiger partial charge in [0.05, 0.1) is 6.10 Å². The highest BCUT2D eigenvalue weighted by Crippen LogP contribution is 2.36. The third-order valence-electron chi connectivity index (χ3n) is 2.74. The average molecular weight is 198 g/mol. The smallest absolute Gasteiger partial charge is 0.0728 e. The van der Waals surface area contributed by atoms with Crippen molar-refractivity contribution in [3.63, 3.8) is 0 Å². The van der Waals surface area contributed by atoms with Crippen LogP contribution in [0.2, 0.25) is 0 Å². The summed E-state index contributed by atoms with van der Waals surface area (Å²) in [5, 5.41) is 9.66. The highest BCUT2D eigenvalue weighted by atomic mass is 16.5. The lowest BCUT2D eigenvalue weighted by Crippen LogP contribution is -2.25. The lowest BCUT2D eigenvalue weighted by Gasteiger charge is -2.32. The van der Waals surface area contributed by atoms with Gasteiger partial charge in [0.1, 0.15) is 0 Å². The SMILES string of the molecule is COCCCC1=CC(O)CC(C)(C)C1. The van der Waals surface area contributed by atoms with Crippen molar-refractivity contribution in [2.75, 3.05) is 13.7 Å². The van der Waals surface area contributed by atoms with Crippen molar-refractivity contribution in [1.29, 1.82) is 0 Å². The van der Waals surface area contributed by atoms with Crippen molar-refractivity contribution < 1.29 is 9.84 Å². The molecule has 0 spiro atoms. The summed E-state index contributed by atoms with van der Waals surface area (Å²) in [6.45, 7) is 5.26. The number of hydrogen-bond acceptors (Lipinski definition) is 2. The Kier molecular flexibility index (Phi) is 4.14. The topological polar surface area (TPSA) is 29.5 Å². The Bertz CT molecular complexity index is 206. The van der Waals surface area contributed by atoms with Gasteiger partial charge in [-0.05, 0) is 31.1 Å². The minimum absolute atomic E-state index is 0.240. The van der Waals surface area contributed by atoms with E-state index in [1.54, 1.807) is 7.11 Å². The molecule has 0 fully saturated rings. The Hall–Kier alpha value is -0.340. The third kappa shape index (κ3) is 3.81. The fourth-order valence-corrected chi connectivity index (χ4v) is 2.26. The standard InChI is InChI=1S/C12H22O2/c1-12(2)8-10(5-4-6-14-3)7-11(13)9-12/h7,11,13H,4-6,8-9H2,1-3H3. The van der Waals surface area contributed by atoms with Crippen molar-refractivity contribution in [1.82, 2.24) is 0 Å². The van der Waals surface area contributed by atoms with Crippen LogP contribution in [0, 0.1) is 5.41 Å². The zero-order valence-electron chi connectivity index (χ0n) is 9.55. The molecule has 2 nitrogen and oxygen atoms in total. The van der Waals surface area contributed by atoms with E-state index in [9.17, 15) is 5.11 Å². The van der Waals surface area contributed by atoms with E-state index in [2.05, 4.69) is 13.8 Å². The van der Waals surface area contributed by atoms with E-state index in [0.29, 0.717) is 0 Å². The van der Waals surface area contributed by atoms with Crippen LogP contribution in [0.4, 0.5) is 0 Å². The van der Waals surface area contributed by atoms with Gasteiger partial charge in [-0.15, -0.1) is 0 Å². The lowest BCUT2D eigenvalue weighted by atomic mass is 9.75. The van der Waals surface area contributed by atoms with Crippen LogP contribution in [0.15, 0.2) is 11.6 Å². The zero-order valence-corrected chi connectivity index (χ0v) is 9.55. The highest BCUT2D eigenvalue weighted by Gasteiger charge is 2.26. The molecule has 0 radical (unpaired) electrons. The summed E-state index contributed by atoms with van der Waals surface area (Å²) in [5.74, 6) is 0. The van der Waals surface area contributed by atoms with E-state index in [1.165, 1.54) is 5.57 Å². The van der Waals surface area contributed by atoms with Crippen LogP contribution in [-0.2, 0) is 4.74 Å². The number of allylic oxidation sites excluding steroid dienone is 1. The van der Waals surface area contributed by atoms with Gasteiger partial charge in [-0.25, -0.2) is 0 Å². The predicted octanol–water partition coefficient (Wildman–Crippen LogP) is 2.52. The monoisotopic (exact) mass is 198 g/mol. The molecule has 0 aromatic carbocycles. The number of aliphatic hydroxyl groups excluding tert-OH is 1. The van der Waals surface area contributed by atoms with Crippen LogP contribution in [-0.4, -0.2) is 24.9 Å². The molecule has 0 bridgehead atoms. The van der Waals surface area contributed by atoms with Crippen molar-refractivity contribution >= 4 is 0 Å². The first kappa shape index (κ1) is 11.7. The molecule has 0 aromatic heterocycles. The van der Waals surface area contributed by atoms with E-state index < -0.39 is 0 Å². The van der Waals surface area contributed by atoms with Gasteiger partial charge in [0.15, 0.2) is 0 Å². The van der Waals surface area contributed by atoms with Crippen LogP contribution < -0.4 is 0 Å². The van der Waals surface area contributed by atoms with Gasteiger partial charge >= 0.3 is 0 Å². The fourth-order valence-electron chi connectivity index (χ4n) is 2.26. The molecule has 14 heavy (non-hydrogen) atoms. The summed E-state index contributed by atoms with van der Waals surface area (Å²) in [5.41, 5.74) is 1.65. The molecule has 1 N–H and O–H groups in total. The van der Waals surface area contributed by atoms with Crippen molar-refractivity contribution in [3.05, 3.63) is 11.6 Å². The first-order valence-corrected chi connectivity index (χ1v) is 5.40. The molecule has 2 heteroatoms. The lowest BCUT2D eigenvalue weighted by molar-refractivity contribution is 0.136. The van der Waals surface area contributed by atoms with Gasteiger partial charge in [0.2, 0.25) is 0 Å². The molecule has 0 amide bonds.